The predicted octanol–water partition coefficient (Wildman–Crippen LogP) is 1.35. The fraction of sp³-hybridized carbons (Fsp3) is 0.455. The summed E-state index contributed by atoms with van der Waals surface area (Å²) in [5, 5.41) is 0. The normalized spacial score (nSPS) is 12.5. The van der Waals surface area contributed by atoms with Crippen LogP contribution in [0.4, 0.5) is 0 Å². The highest BCUT2D eigenvalue weighted by molar-refractivity contribution is 5.81. The maximum absolute atomic E-state index is 11.2. The molecule has 4 nitrogen and oxygen atoms in total. The van der Waals surface area contributed by atoms with E-state index in [9.17, 15) is 9.59 Å². The lowest BCUT2D eigenvalue weighted by Gasteiger charge is -2.17. The summed E-state index contributed by atoms with van der Waals surface area (Å²) in [6.45, 7) is 5.59. The van der Waals surface area contributed by atoms with Crippen LogP contribution in [0.5, 0.6) is 0 Å². The number of nitrogens with zero attached hydrogens (tertiary/aromatic N) is 1. The van der Waals surface area contributed by atoms with Crippen LogP contribution in [0.3, 0.4) is 0 Å². The second-order valence-electron chi connectivity index (χ2n) is 3.64. The number of hydrogen-bond donors (Lipinski definition) is 1. The van der Waals surface area contributed by atoms with Crippen molar-refractivity contribution in [1.82, 2.24) is 4.57 Å². The van der Waals surface area contributed by atoms with E-state index in [0.29, 0.717) is 12.0 Å². The van der Waals surface area contributed by atoms with Crippen molar-refractivity contribution in [3.63, 3.8) is 0 Å². The van der Waals surface area contributed by atoms with Crippen LogP contribution in [-0.4, -0.2) is 16.8 Å². The maximum atomic E-state index is 11.2. The van der Waals surface area contributed by atoms with Gasteiger partial charge in [-0.2, -0.15) is 0 Å². The number of amides is 1. The van der Waals surface area contributed by atoms with E-state index < -0.39 is 0 Å². The summed E-state index contributed by atoms with van der Waals surface area (Å²) in [6.07, 6.45) is 1.43. The lowest BCUT2D eigenvalue weighted by Crippen LogP contribution is -2.27. The first-order valence-electron chi connectivity index (χ1n) is 4.95. The third-order valence-electron chi connectivity index (χ3n) is 2.68. The maximum Gasteiger partial charge on any atom is 0.240 e. The fourth-order valence-corrected chi connectivity index (χ4v) is 1.91. The molecule has 0 radical (unpaired) electrons. The van der Waals surface area contributed by atoms with E-state index in [4.69, 9.17) is 5.73 Å². The fourth-order valence-electron chi connectivity index (χ4n) is 1.91. The van der Waals surface area contributed by atoms with E-state index >= 15 is 0 Å². The van der Waals surface area contributed by atoms with Gasteiger partial charge in [0.25, 0.3) is 0 Å². The molecule has 0 saturated heterocycles. The molecule has 0 saturated carbocycles. The molecule has 1 amide bonds. The number of nitrogens with two attached hydrogens (primary N) is 1. The molecule has 1 aromatic heterocycles. The molecule has 0 bridgehead atoms. The number of aldehydes is 1. The molecule has 1 unspecified atom stereocenters. The van der Waals surface area contributed by atoms with E-state index in [2.05, 4.69) is 0 Å². The van der Waals surface area contributed by atoms with E-state index in [0.717, 1.165) is 17.7 Å². The van der Waals surface area contributed by atoms with Crippen molar-refractivity contribution in [3.8, 4) is 0 Å². The van der Waals surface area contributed by atoms with Crippen LogP contribution in [0.25, 0.3) is 0 Å². The highest BCUT2D eigenvalue weighted by Gasteiger charge is 2.20. The van der Waals surface area contributed by atoms with Crippen LogP contribution in [0.15, 0.2) is 6.07 Å². The third kappa shape index (κ3) is 1.93. The Morgan fingerprint density at radius 3 is 2.53 bits per heavy atom. The summed E-state index contributed by atoms with van der Waals surface area (Å²) in [5.41, 5.74) is 7.63. The molecule has 4 heteroatoms. The highest BCUT2D eigenvalue weighted by Crippen LogP contribution is 2.21. The van der Waals surface area contributed by atoms with Crippen molar-refractivity contribution in [3.05, 3.63) is 23.0 Å². The molecule has 1 heterocycles. The molecule has 0 fully saturated rings. The van der Waals surface area contributed by atoms with E-state index in [1.807, 2.05) is 25.3 Å². The second-order valence-corrected chi connectivity index (χ2v) is 3.64. The number of rotatable bonds is 4. The van der Waals surface area contributed by atoms with Gasteiger partial charge < -0.3 is 10.3 Å². The number of hydrogen-bond acceptors (Lipinski definition) is 2. The van der Waals surface area contributed by atoms with Crippen molar-refractivity contribution in [2.45, 2.75) is 33.2 Å². The average Bonchev–Trinajstić information content (AvgIpc) is 2.45. The Bertz CT molecular complexity index is 394. The van der Waals surface area contributed by atoms with Crippen LogP contribution in [0, 0.1) is 13.8 Å². The van der Waals surface area contributed by atoms with Crippen LogP contribution in [-0.2, 0) is 4.79 Å². The van der Waals surface area contributed by atoms with Gasteiger partial charge in [0, 0.05) is 17.0 Å². The molecular weight excluding hydrogens is 192 g/mol. The van der Waals surface area contributed by atoms with Gasteiger partial charge in [0.1, 0.15) is 6.04 Å². The topological polar surface area (TPSA) is 65.1 Å². The Labute approximate surface area is 89.1 Å². The van der Waals surface area contributed by atoms with Crippen LogP contribution < -0.4 is 5.73 Å². The minimum atomic E-state index is -0.364. The van der Waals surface area contributed by atoms with Gasteiger partial charge in [0.05, 0.1) is 0 Å². The Balaban J connectivity index is 3.28. The molecule has 0 aliphatic heterocycles. The predicted molar refractivity (Wildman–Crippen MR) is 57.8 cm³/mol. The largest absolute Gasteiger partial charge is 0.368 e. The molecule has 15 heavy (non-hydrogen) atoms. The van der Waals surface area contributed by atoms with E-state index in [1.165, 1.54) is 0 Å². The SMILES string of the molecule is CCC(C(N)=O)n1c(C)cc(C=O)c1C. The van der Waals surface area contributed by atoms with Crippen LogP contribution in [0.1, 0.15) is 41.1 Å². The summed E-state index contributed by atoms with van der Waals surface area (Å²) in [4.78, 5) is 22.0. The quantitative estimate of drug-likeness (QED) is 0.759. The average molecular weight is 208 g/mol. The Morgan fingerprint density at radius 1 is 1.60 bits per heavy atom. The summed E-state index contributed by atoms with van der Waals surface area (Å²) in [6, 6.07) is 1.41. The van der Waals surface area contributed by atoms with Gasteiger partial charge in [0.2, 0.25) is 5.91 Å². The summed E-state index contributed by atoms with van der Waals surface area (Å²) >= 11 is 0. The van der Waals surface area contributed by atoms with Gasteiger partial charge in [-0.05, 0) is 26.3 Å². The van der Waals surface area contributed by atoms with Crippen molar-refractivity contribution < 1.29 is 9.59 Å². The van der Waals surface area contributed by atoms with Gasteiger partial charge in [-0.1, -0.05) is 6.92 Å². The minimum Gasteiger partial charge on any atom is -0.368 e. The van der Waals surface area contributed by atoms with Gasteiger partial charge in [-0.25, -0.2) is 0 Å². The number of primary amides is 1. The lowest BCUT2D eigenvalue weighted by atomic mass is 10.2. The summed E-state index contributed by atoms with van der Waals surface area (Å²) in [5.74, 6) is -0.364. The third-order valence-corrected chi connectivity index (χ3v) is 2.68. The van der Waals surface area contributed by atoms with E-state index in [1.54, 1.807) is 6.07 Å². The molecular formula is C11H16N2O2. The zero-order valence-electron chi connectivity index (χ0n) is 9.28. The zero-order chi connectivity index (χ0) is 11.6. The van der Waals surface area contributed by atoms with Crippen molar-refractivity contribution in [2.75, 3.05) is 0 Å². The lowest BCUT2D eigenvalue weighted by molar-refractivity contribution is -0.121. The number of aromatic nitrogens is 1. The Kier molecular flexibility index (Phi) is 3.29. The van der Waals surface area contributed by atoms with E-state index in [-0.39, 0.29) is 11.9 Å². The monoisotopic (exact) mass is 208 g/mol. The standard InChI is InChI=1S/C11H16N2O2/c1-4-10(11(12)15)13-7(2)5-9(6-14)8(13)3/h5-6,10H,4H2,1-3H3,(H2,12,15). The molecule has 0 aliphatic rings. The van der Waals surface area contributed by atoms with Crippen molar-refractivity contribution in [2.24, 2.45) is 5.73 Å². The summed E-state index contributed by atoms with van der Waals surface area (Å²) in [7, 11) is 0. The van der Waals surface area contributed by atoms with Crippen LogP contribution in [0.2, 0.25) is 0 Å². The Morgan fingerprint density at radius 2 is 2.20 bits per heavy atom. The molecule has 1 aromatic rings. The van der Waals surface area contributed by atoms with Crippen molar-refractivity contribution in [1.29, 1.82) is 0 Å². The molecule has 0 spiro atoms. The first kappa shape index (κ1) is 11.5. The number of carbonyl (C=O) groups excluding carboxylic acids is 2. The van der Waals surface area contributed by atoms with Gasteiger partial charge in [-0.15, -0.1) is 0 Å². The Hall–Kier alpha value is -1.58. The minimum absolute atomic E-state index is 0.362. The molecule has 0 aliphatic carbocycles. The van der Waals surface area contributed by atoms with Crippen molar-refractivity contribution >= 4 is 12.2 Å². The van der Waals surface area contributed by atoms with Crippen LogP contribution >= 0.6 is 0 Å². The van der Waals surface area contributed by atoms with Gasteiger partial charge >= 0.3 is 0 Å². The van der Waals surface area contributed by atoms with Gasteiger partial charge in [-0.3, -0.25) is 9.59 Å². The summed E-state index contributed by atoms with van der Waals surface area (Å²) < 4.78 is 1.83. The second kappa shape index (κ2) is 4.29. The van der Waals surface area contributed by atoms with Gasteiger partial charge in [0.15, 0.2) is 6.29 Å². The highest BCUT2D eigenvalue weighted by atomic mass is 16.1. The number of carbonyl (C=O) groups is 2. The zero-order valence-corrected chi connectivity index (χ0v) is 9.28. The molecule has 0 aromatic carbocycles. The number of aryl methyl sites for hydroxylation is 1. The smallest absolute Gasteiger partial charge is 0.240 e. The first-order valence-corrected chi connectivity index (χ1v) is 4.95. The molecule has 82 valence electrons. The first-order chi connectivity index (χ1) is 7.02. The molecule has 1 rings (SSSR count). The molecule has 2 N–H and O–H groups in total. The molecule has 1 atom stereocenters.